The van der Waals surface area contributed by atoms with Crippen LogP contribution in [0.3, 0.4) is 0 Å². The number of hydrogen-bond acceptors (Lipinski definition) is 4. The van der Waals surface area contributed by atoms with E-state index in [1.165, 1.54) is 0 Å². The molecule has 1 aliphatic rings. The lowest BCUT2D eigenvalue weighted by Crippen LogP contribution is -2.36. The first-order valence-electron chi connectivity index (χ1n) is 6.63. The minimum Gasteiger partial charge on any atom is -0.497 e. The second-order valence-corrected chi connectivity index (χ2v) is 7.10. The molecule has 0 aromatic heterocycles. The summed E-state index contributed by atoms with van der Waals surface area (Å²) in [6.07, 6.45) is 1.02. The van der Waals surface area contributed by atoms with Gasteiger partial charge in [-0.15, -0.1) is 0 Å². The van der Waals surface area contributed by atoms with Crippen molar-refractivity contribution in [1.82, 2.24) is 5.32 Å². The van der Waals surface area contributed by atoms with Gasteiger partial charge in [0.1, 0.15) is 5.75 Å². The maximum atomic E-state index is 12.2. The van der Waals surface area contributed by atoms with Crippen LogP contribution in [0.4, 0.5) is 0 Å². The molecular weight excluding hydrogens is 262 g/mol. The number of benzene rings is 1. The first kappa shape index (κ1) is 14.3. The number of hydrogen-bond donors (Lipinski definition) is 1. The molecule has 0 radical (unpaired) electrons. The first-order chi connectivity index (χ1) is 8.99. The van der Waals surface area contributed by atoms with Crippen molar-refractivity contribution in [1.29, 1.82) is 0 Å². The third kappa shape index (κ3) is 2.77. The van der Waals surface area contributed by atoms with Gasteiger partial charge in [-0.05, 0) is 42.6 Å². The summed E-state index contributed by atoms with van der Waals surface area (Å²) in [6, 6.07) is 5.29. The topological polar surface area (TPSA) is 55.4 Å². The van der Waals surface area contributed by atoms with Crippen molar-refractivity contribution in [3.05, 3.63) is 23.8 Å². The van der Waals surface area contributed by atoms with Gasteiger partial charge in [-0.3, -0.25) is 0 Å². The summed E-state index contributed by atoms with van der Waals surface area (Å²) in [5, 5.41) is 3.45. The van der Waals surface area contributed by atoms with Crippen molar-refractivity contribution in [3.8, 4) is 5.75 Å². The van der Waals surface area contributed by atoms with Gasteiger partial charge in [0.25, 0.3) is 0 Å². The van der Waals surface area contributed by atoms with E-state index in [4.69, 9.17) is 4.74 Å². The van der Waals surface area contributed by atoms with Crippen molar-refractivity contribution in [2.75, 3.05) is 19.4 Å². The summed E-state index contributed by atoms with van der Waals surface area (Å²) in [5.74, 6) is 0.968. The monoisotopic (exact) mass is 283 g/mol. The summed E-state index contributed by atoms with van der Waals surface area (Å²) < 4.78 is 29.7. The van der Waals surface area contributed by atoms with Crippen LogP contribution in [0.1, 0.15) is 31.9 Å². The standard InChI is InChI=1S/C14H21NO3S/c1-4-7-15-14-10(2)9-19(16,17)13-6-5-11(18-3)8-12(13)14/h5-6,8,10,14-15H,4,7,9H2,1-3H3. The van der Waals surface area contributed by atoms with Crippen LogP contribution in [0, 0.1) is 5.92 Å². The van der Waals surface area contributed by atoms with Gasteiger partial charge >= 0.3 is 0 Å². The molecule has 4 nitrogen and oxygen atoms in total. The number of ether oxygens (including phenoxy) is 1. The zero-order valence-electron chi connectivity index (χ0n) is 11.6. The lowest BCUT2D eigenvalue weighted by Gasteiger charge is -2.32. The normalized spacial score (nSPS) is 24.8. The number of fused-ring (bicyclic) bond motifs is 1. The number of sulfone groups is 1. The van der Waals surface area contributed by atoms with E-state index in [9.17, 15) is 8.42 Å². The second kappa shape index (κ2) is 5.51. The van der Waals surface area contributed by atoms with E-state index >= 15 is 0 Å². The highest BCUT2D eigenvalue weighted by Crippen LogP contribution is 2.37. The smallest absolute Gasteiger partial charge is 0.179 e. The lowest BCUT2D eigenvalue weighted by molar-refractivity contribution is 0.386. The SMILES string of the molecule is CCCNC1c2cc(OC)ccc2S(=O)(=O)CC1C. The fourth-order valence-corrected chi connectivity index (χ4v) is 4.51. The molecular formula is C14H21NO3S. The van der Waals surface area contributed by atoms with E-state index in [0.29, 0.717) is 10.6 Å². The van der Waals surface area contributed by atoms with Gasteiger partial charge < -0.3 is 10.1 Å². The molecule has 19 heavy (non-hydrogen) atoms. The van der Waals surface area contributed by atoms with Crippen molar-refractivity contribution in [2.45, 2.75) is 31.2 Å². The molecule has 0 spiro atoms. The molecule has 5 heteroatoms. The molecule has 0 saturated carbocycles. The van der Waals surface area contributed by atoms with Crippen LogP contribution in [0.2, 0.25) is 0 Å². The molecule has 1 N–H and O–H groups in total. The zero-order chi connectivity index (χ0) is 14.0. The molecule has 2 atom stereocenters. The Kier molecular flexibility index (Phi) is 4.16. The summed E-state index contributed by atoms with van der Waals surface area (Å²) in [6.45, 7) is 4.96. The lowest BCUT2D eigenvalue weighted by atomic mass is 9.95. The van der Waals surface area contributed by atoms with Crippen LogP contribution >= 0.6 is 0 Å². The summed E-state index contributed by atoms with van der Waals surface area (Å²) in [5.41, 5.74) is 0.839. The van der Waals surface area contributed by atoms with Crippen LogP contribution in [-0.2, 0) is 9.84 Å². The predicted octanol–water partition coefficient (Wildman–Crippen LogP) is 2.16. The Morgan fingerprint density at radius 2 is 2.16 bits per heavy atom. The highest BCUT2D eigenvalue weighted by Gasteiger charge is 2.35. The molecule has 2 unspecified atom stereocenters. The Labute approximate surface area is 115 Å². The molecule has 0 fully saturated rings. The molecule has 1 heterocycles. The largest absolute Gasteiger partial charge is 0.497 e. The van der Waals surface area contributed by atoms with Gasteiger partial charge in [-0.1, -0.05) is 13.8 Å². The summed E-state index contributed by atoms with van der Waals surface area (Å²) in [4.78, 5) is 0.444. The van der Waals surface area contributed by atoms with E-state index in [1.807, 2.05) is 13.0 Å². The molecule has 0 saturated heterocycles. The molecule has 1 aromatic rings. The highest BCUT2D eigenvalue weighted by atomic mass is 32.2. The third-order valence-corrected chi connectivity index (χ3v) is 5.56. The van der Waals surface area contributed by atoms with Gasteiger partial charge in [0.05, 0.1) is 17.8 Å². The average Bonchev–Trinajstić information content (AvgIpc) is 2.37. The van der Waals surface area contributed by atoms with Crippen LogP contribution < -0.4 is 10.1 Å². The quantitative estimate of drug-likeness (QED) is 0.920. The Bertz CT molecular complexity index is 554. The fourth-order valence-electron chi connectivity index (χ4n) is 2.63. The van der Waals surface area contributed by atoms with E-state index in [0.717, 1.165) is 18.5 Å². The average molecular weight is 283 g/mol. The maximum Gasteiger partial charge on any atom is 0.179 e. The van der Waals surface area contributed by atoms with E-state index in [1.54, 1.807) is 19.2 Å². The maximum absolute atomic E-state index is 12.2. The minimum atomic E-state index is -3.17. The van der Waals surface area contributed by atoms with Gasteiger partial charge in [0.15, 0.2) is 9.84 Å². The molecule has 106 valence electrons. The van der Waals surface area contributed by atoms with E-state index < -0.39 is 9.84 Å². The molecule has 0 bridgehead atoms. The van der Waals surface area contributed by atoms with Gasteiger partial charge in [-0.25, -0.2) is 8.42 Å². The van der Waals surface area contributed by atoms with Gasteiger partial charge in [0, 0.05) is 6.04 Å². The summed E-state index contributed by atoms with van der Waals surface area (Å²) >= 11 is 0. The van der Waals surface area contributed by atoms with Crippen LogP contribution in [0.5, 0.6) is 5.75 Å². The number of rotatable bonds is 4. The van der Waals surface area contributed by atoms with Crippen molar-refractivity contribution in [2.24, 2.45) is 5.92 Å². The van der Waals surface area contributed by atoms with Gasteiger partial charge in [-0.2, -0.15) is 0 Å². The molecule has 0 amide bonds. The van der Waals surface area contributed by atoms with Crippen LogP contribution in [0.25, 0.3) is 0 Å². The molecule has 0 aliphatic carbocycles. The van der Waals surface area contributed by atoms with Crippen LogP contribution in [0.15, 0.2) is 23.1 Å². The first-order valence-corrected chi connectivity index (χ1v) is 8.29. The van der Waals surface area contributed by atoms with E-state index in [-0.39, 0.29) is 17.7 Å². The van der Waals surface area contributed by atoms with Crippen molar-refractivity contribution in [3.63, 3.8) is 0 Å². The highest BCUT2D eigenvalue weighted by molar-refractivity contribution is 7.91. The third-order valence-electron chi connectivity index (χ3n) is 3.55. The van der Waals surface area contributed by atoms with Gasteiger partial charge in [0.2, 0.25) is 0 Å². The fraction of sp³-hybridized carbons (Fsp3) is 0.571. The summed E-state index contributed by atoms with van der Waals surface area (Å²) in [7, 11) is -1.58. The number of nitrogens with one attached hydrogen (secondary N) is 1. The van der Waals surface area contributed by atoms with Crippen LogP contribution in [-0.4, -0.2) is 27.8 Å². The van der Waals surface area contributed by atoms with Crippen molar-refractivity contribution >= 4 is 9.84 Å². The Morgan fingerprint density at radius 1 is 1.42 bits per heavy atom. The van der Waals surface area contributed by atoms with E-state index in [2.05, 4.69) is 12.2 Å². The molecule has 2 rings (SSSR count). The predicted molar refractivity (Wildman–Crippen MR) is 75.2 cm³/mol. The molecule has 1 aromatic carbocycles. The Hall–Kier alpha value is -1.07. The minimum absolute atomic E-state index is 0.0659. The number of methoxy groups -OCH3 is 1. The molecule has 1 aliphatic heterocycles. The zero-order valence-corrected chi connectivity index (χ0v) is 12.5. The van der Waals surface area contributed by atoms with Crippen molar-refractivity contribution < 1.29 is 13.2 Å². The Balaban J connectivity index is 2.49. The Morgan fingerprint density at radius 3 is 2.79 bits per heavy atom. The second-order valence-electron chi connectivity index (χ2n) is 5.09.